The summed E-state index contributed by atoms with van der Waals surface area (Å²) in [4.78, 5) is 41.8. The van der Waals surface area contributed by atoms with Gasteiger partial charge in [0.2, 0.25) is 0 Å². The van der Waals surface area contributed by atoms with Gasteiger partial charge in [-0.1, -0.05) is 66.1 Å². The number of nitrogens with zero attached hydrogens (tertiary/aromatic N) is 1. The summed E-state index contributed by atoms with van der Waals surface area (Å²) in [7, 11) is 4.07. The lowest BCUT2D eigenvalue weighted by Gasteiger charge is -2.45. The molecule has 0 saturated heterocycles. The van der Waals surface area contributed by atoms with Gasteiger partial charge in [-0.05, 0) is 55.0 Å². The average Bonchev–Trinajstić information content (AvgIpc) is 3.41. The fourth-order valence-corrected chi connectivity index (χ4v) is 7.77. The topological polar surface area (TPSA) is 82.1 Å². The van der Waals surface area contributed by atoms with E-state index in [1.807, 2.05) is 68.4 Å². The Morgan fingerprint density at radius 2 is 1.45 bits per heavy atom. The number of thiocarbonyl (C=S) groups is 1. The Morgan fingerprint density at radius 3 is 2.05 bits per heavy atom. The van der Waals surface area contributed by atoms with E-state index in [1.54, 1.807) is 18.1 Å². The molecule has 0 saturated carbocycles. The predicted molar refractivity (Wildman–Crippen MR) is 164 cm³/mol. The number of ether oxygens (including phenoxy) is 3. The second kappa shape index (κ2) is 10.8. The van der Waals surface area contributed by atoms with Gasteiger partial charge in [-0.3, -0.25) is 9.69 Å². The van der Waals surface area contributed by atoms with Crippen LogP contribution in [-0.4, -0.2) is 49.6 Å². The van der Waals surface area contributed by atoms with E-state index in [0.29, 0.717) is 37.2 Å². The van der Waals surface area contributed by atoms with Crippen LogP contribution < -0.4 is 9.64 Å². The molecule has 0 fully saturated rings. The average molecular weight is 592 g/mol. The lowest BCUT2D eigenvalue weighted by molar-refractivity contribution is -0.138. The van der Waals surface area contributed by atoms with Crippen LogP contribution in [0, 0.1) is 0 Å². The van der Waals surface area contributed by atoms with Crippen molar-refractivity contribution in [2.24, 2.45) is 0 Å². The zero-order valence-corrected chi connectivity index (χ0v) is 24.8. The van der Waals surface area contributed by atoms with Crippen molar-refractivity contribution in [3.8, 4) is 5.75 Å². The third-order valence-electron chi connectivity index (χ3n) is 6.80. The van der Waals surface area contributed by atoms with Crippen LogP contribution >= 0.6 is 35.7 Å². The molecule has 5 rings (SSSR count). The number of esters is 2. The van der Waals surface area contributed by atoms with Crippen LogP contribution in [0.2, 0.25) is 0 Å². The molecule has 0 unspecified atom stereocenters. The van der Waals surface area contributed by atoms with Crippen LogP contribution in [0.15, 0.2) is 74.7 Å². The molecule has 0 atom stereocenters. The number of anilines is 1. The molecule has 0 aliphatic carbocycles. The van der Waals surface area contributed by atoms with Crippen molar-refractivity contribution >= 4 is 80.5 Å². The number of fused-ring (bicyclic) bond motifs is 2. The van der Waals surface area contributed by atoms with Gasteiger partial charge in [-0.25, -0.2) is 9.59 Å². The first-order valence-electron chi connectivity index (χ1n) is 12.2. The van der Waals surface area contributed by atoms with Gasteiger partial charge in [0.1, 0.15) is 15.6 Å². The number of methoxy groups -OCH3 is 3. The molecule has 2 aliphatic rings. The molecule has 7 nitrogen and oxygen atoms in total. The van der Waals surface area contributed by atoms with Crippen molar-refractivity contribution in [3.05, 3.63) is 85.8 Å². The zero-order valence-electron chi connectivity index (χ0n) is 22.4. The van der Waals surface area contributed by atoms with Gasteiger partial charge in [0, 0.05) is 16.7 Å². The van der Waals surface area contributed by atoms with E-state index in [1.165, 1.54) is 14.2 Å². The maximum atomic E-state index is 14.2. The fraction of sp³-hybridized carbons (Fsp3) is 0.200. The smallest absolute Gasteiger partial charge is 0.346 e. The summed E-state index contributed by atoms with van der Waals surface area (Å²) in [6, 6.07) is 18.9. The molecular weight excluding hydrogens is 567 g/mol. The van der Waals surface area contributed by atoms with Gasteiger partial charge in [-0.2, -0.15) is 0 Å². The molecule has 0 bridgehead atoms. The summed E-state index contributed by atoms with van der Waals surface area (Å²) in [5.41, 5.74) is 1.52. The van der Waals surface area contributed by atoms with Gasteiger partial charge >= 0.3 is 11.9 Å². The van der Waals surface area contributed by atoms with E-state index >= 15 is 0 Å². The van der Waals surface area contributed by atoms with Gasteiger partial charge in [0.15, 0.2) is 0 Å². The molecular formula is C30H25NO6S3. The lowest BCUT2D eigenvalue weighted by atomic mass is 9.82. The third kappa shape index (κ3) is 4.59. The minimum absolute atomic E-state index is 0.126. The highest BCUT2D eigenvalue weighted by Crippen LogP contribution is 2.56. The summed E-state index contributed by atoms with van der Waals surface area (Å²) >= 11 is 8.29. The van der Waals surface area contributed by atoms with Gasteiger partial charge in [0.05, 0.1) is 41.7 Å². The number of carbonyl (C=O) groups excluding carboxylic acids is 3. The minimum atomic E-state index is -0.942. The van der Waals surface area contributed by atoms with Crippen LogP contribution in [0.5, 0.6) is 5.75 Å². The lowest BCUT2D eigenvalue weighted by Crippen LogP contribution is -2.56. The Kier molecular flexibility index (Phi) is 7.52. The van der Waals surface area contributed by atoms with E-state index < -0.39 is 17.5 Å². The van der Waals surface area contributed by atoms with Gasteiger partial charge in [0.25, 0.3) is 5.91 Å². The highest BCUT2D eigenvalue weighted by atomic mass is 32.2. The van der Waals surface area contributed by atoms with Crippen molar-refractivity contribution in [1.29, 1.82) is 0 Å². The molecule has 0 radical (unpaired) electrons. The first kappa shape index (κ1) is 27.9. The monoisotopic (exact) mass is 591 g/mol. The van der Waals surface area contributed by atoms with E-state index in [0.717, 1.165) is 34.3 Å². The summed E-state index contributed by atoms with van der Waals surface area (Å²) in [6.45, 7) is 3.78. The highest BCUT2D eigenvalue weighted by molar-refractivity contribution is 8.29. The summed E-state index contributed by atoms with van der Waals surface area (Å²) in [5.74, 6) is -0.925. The number of thioether (sulfide) groups is 2. The van der Waals surface area contributed by atoms with E-state index in [-0.39, 0.29) is 15.7 Å². The van der Waals surface area contributed by atoms with Crippen molar-refractivity contribution in [1.82, 2.24) is 0 Å². The van der Waals surface area contributed by atoms with Crippen LogP contribution in [0.25, 0.3) is 16.3 Å². The third-order valence-corrected chi connectivity index (χ3v) is 10.1. The van der Waals surface area contributed by atoms with Gasteiger partial charge < -0.3 is 14.2 Å². The second-order valence-corrected chi connectivity index (χ2v) is 12.2. The first-order valence-corrected chi connectivity index (χ1v) is 14.2. The van der Waals surface area contributed by atoms with Crippen molar-refractivity contribution < 1.29 is 28.6 Å². The molecule has 40 heavy (non-hydrogen) atoms. The van der Waals surface area contributed by atoms with E-state index in [9.17, 15) is 14.4 Å². The SMILES string of the molecule is COC(=O)C1=C(C(=O)OC)SC(=C2C(=S)C(C)(C)N(C(=O)c3ccc4ccccc4c3)c3ccc(OC)cc32)S1. The highest BCUT2D eigenvalue weighted by Gasteiger charge is 2.46. The van der Waals surface area contributed by atoms with E-state index in [4.69, 9.17) is 26.4 Å². The molecule has 204 valence electrons. The molecule has 2 aliphatic heterocycles. The van der Waals surface area contributed by atoms with E-state index in [2.05, 4.69) is 0 Å². The summed E-state index contributed by atoms with van der Waals surface area (Å²) in [5, 5.41) is 1.99. The predicted octanol–water partition coefficient (Wildman–Crippen LogP) is 6.36. The summed E-state index contributed by atoms with van der Waals surface area (Å²) in [6.07, 6.45) is 0. The van der Waals surface area contributed by atoms with Crippen LogP contribution in [0.3, 0.4) is 0 Å². The quantitative estimate of drug-likeness (QED) is 0.195. The minimum Gasteiger partial charge on any atom is -0.497 e. The molecule has 10 heteroatoms. The number of hydrogen-bond donors (Lipinski definition) is 0. The Bertz CT molecular complexity index is 1640. The van der Waals surface area contributed by atoms with Crippen molar-refractivity contribution in [2.45, 2.75) is 19.4 Å². The fourth-order valence-electron chi connectivity index (χ4n) is 4.74. The number of rotatable bonds is 4. The normalized spacial score (nSPS) is 16.2. The number of amides is 1. The maximum Gasteiger partial charge on any atom is 0.346 e. The van der Waals surface area contributed by atoms with Crippen LogP contribution in [0.1, 0.15) is 29.8 Å². The van der Waals surface area contributed by atoms with Crippen molar-refractivity contribution in [3.63, 3.8) is 0 Å². The molecule has 0 spiro atoms. The maximum absolute atomic E-state index is 14.2. The zero-order chi connectivity index (χ0) is 28.8. The van der Waals surface area contributed by atoms with Crippen molar-refractivity contribution in [2.75, 3.05) is 26.2 Å². The summed E-state index contributed by atoms with van der Waals surface area (Å²) < 4.78 is 16.0. The second-order valence-electron chi connectivity index (χ2n) is 9.48. The Hall–Kier alpha value is -3.60. The Balaban J connectivity index is 1.69. The molecule has 3 aromatic rings. The standard InChI is InChI=1S/C30H25NO6S3/c1-30(2)25(38)22(29-39-23(27(33)36-4)24(40-29)28(34)37-5)20-15-19(35-3)12-13-21(20)31(30)26(32)18-11-10-16-8-6-7-9-17(16)14-18/h6-15H,1-5H3. The first-order chi connectivity index (χ1) is 19.1. The number of hydrogen-bond acceptors (Lipinski definition) is 9. The van der Waals surface area contributed by atoms with Crippen LogP contribution in [0.4, 0.5) is 5.69 Å². The molecule has 3 aromatic carbocycles. The number of benzene rings is 3. The Labute approximate surface area is 245 Å². The molecule has 0 N–H and O–H groups in total. The molecule has 0 aromatic heterocycles. The molecule has 1 amide bonds. The molecule has 2 heterocycles. The van der Waals surface area contributed by atoms with Crippen LogP contribution in [-0.2, 0) is 19.1 Å². The van der Waals surface area contributed by atoms with Gasteiger partial charge in [-0.15, -0.1) is 0 Å². The Morgan fingerprint density at radius 1 is 0.825 bits per heavy atom. The largest absolute Gasteiger partial charge is 0.497 e. The number of carbonyl (C=O) groups is 3.